The molecule has 132 valence electrons. The fraction of sp³-hybridized carbons (Fsp3) is 0.105. The molecule has 0 aliphatic carbocycles. The Bertz CT molecular complexity index is 1030. The van der Waals surface area contributed by atoms with Crippen LogP contribution < -0.4 is 4.74 Å². The van der Waals surface area contributed by atoms with Crippen LogP contribution in [0.3, 0.4) is 0 Å². The van der Waals surface area contributed by atoms with Crippen molar-refractivity contribution >= 4 is 28.5 Å². The van der Waals surface area contributed by atoms with Gasteiger partial charge in [0.15, 0.2) is 4.75 Å². The van der Waals surface area contributed by atoms with Gasteiger partial charge in [0.1, 0.15) is 11.6 Å². The van der Waals surface area contributed by atoms with Crippen molar-refractivity contribution in [2.24, 2.45) is 0 Å². The molecule has 0 amide bonds. The van der Waals surface area contributed by atoms with Crippen LogP contribution in [-0.2, 0) is 9.54 Å². The molecule has 0 unspecified atom stereocenters. The van der Waals surface area contributed by atoms with Crippen molar-refractivity contribution < 1.29 is 27.1 Å². The summed E-state index contributed by atoms with van der Waals surface area (Å²) in [4.78, 5) is 12.6. The summed E-state index contributed by atoms with van der Waals surface area (Å²) >= 11 is -0.421. The Hall–Kier alpha value is -2.54. The van der Waals surface area contributed by atoms with E-state index in [1.165, 1.54) is 48.5 Å². The van der Waals surface area contributed by atoms with Crippen LogP contribution in [-0.4, -0.2) is 11.5 Å². The summed E-state index contributed by atoms with van der Waals surface area (Å²) in [5.41, 5.74) is -4.39. The van der Waals surface area contributed by atoms with E-state index in [0.717, 1.165) is 0 Å². The highest BCUT2D eigenvalue weighted by Crippen LogP contribution is 2.57. The lowest BCUT2D eigenvalue weighted by atomic mass is 9.90. The molecule has 4 rings (SSSR count). The van der Waals surface area contributed by atoms with Gasteiger partial charge in [0, 0.05) is 5.56 Å². The Morgan fingerprint density at radius 2 is 1.62 bits per heavy atom. The predicted octanol–water partition coefficient (Wildman–Crippen LogP) is 5.39. The number of thioether (sulfide) groups is 1. The molecule has 0 spiro atoms. The van der Waals surface area contributed by atoms with Crippen LogP contribution in [0.4, 0.5) is 17.6 Å². The number of rotatable bonds is 2. The van der Waals surface area contributed by atoms with E-state index in [1.54, 1.807) is 12.1 Å². The monoisotopic (exact) mass is 378 g/mol. The average Bonchev–Trinajstić information content (AvgIpc) is 2.86. The summed E-state index contributed by atoms with van der Waals surface area (Å²) in [6.45, 7) is 0. The highest BCUT2D eigenvalue weighted by Gasteiger charge is 2.57. The van der Waals surface area contributed by atoms with Crippen molar-refractivity contribution in [3.63, 3.8) is 0 Å². The molecule has 0 saturated carbocycles. The van der Waals surface area contributed by atoms with Gasteiger partial charge in [-0.2, -0.15) is 13.2 Å². The minimum Gasteiger partial charge on any atom is -0.425 e. The summed E-state index contributed by atoms with van der Waals surface area (Å²) < 4.78 is 56.6. The molecule has 7 heteroatoms. The number of carbonyl (C=O) groups is 1. The van der Waals surface area contributed by atoms with E-state index in [2.05, 4.69) is 0 Å². The molecular weight excluding hydrogens is 368 g/mol. The van der Waals surface area contributed by atoms with E-state index in [1.807, 2.05) is 0 Å². The lowest BCUT2D eigenvalue weighted by Crippen LogP contribution is -2.34. The molecule has 3 aromatic carbocycles. The van der Waals surface area contributed by atoms with Crippen molar-refractivity contribution in [3.05, 3.63) is 77.6 Å². The van der Waals surface area contributed by atoms with Gasteiger partial charge in [-0.1, -0.05) is 36.4 Å². The normalized spacial score (nSPS) is 19.5. The van der Waals surface area contributed by atoms with Crippen LogP contribution in [0.25, 0.3) is 10.8 Å². The molecule has 3 aromatic rings. The Morgan fingerprint density at radius 3 is 2.38 bits per heavy atom. The molecule has 1 atom stereocenters. The van der Waals surface area contributed by atoms with Gasteiger partial charge in [-0.25, -0.2) is 9.18 Å². The molecule has 1 aliphatic rings. The maximum atomic E-state index is 13.4. The molecule has 2 nitrogen and oxygen atoms in total. The second-order valence-corrected chi connectivity index (χ2v) is 7.10. The SMILES string of the molecule is O=C1Oc2ccccc2[C@@]1(SC(F)(F)F)c1ccc2cc(F)ccc2c1. The minimum absolute atomic E-state index is 0.105. The van der Waals surface area contributed by atoms with Gasteiger partial charge in [0.25, 0.3) is 0 Å². The number of benzene rings is 3. The molecule has 0 bridgehead atoms. The fourth-order valence-electron chi connectivity index (χ4n) is 3.17. The van der Waals surface area contributed by atoms with E-state index in [4.69, 9.17) is 4.74 Å². The third-order valence-electron chi connectivity index (χ3n) is 4.23. The number of para-hydroxylation sites is 1. The summed E-state index contributed by atoms with van der Waals surface area (Å²) in [5, 5.41) is 1.06. The van der Waals surface area contributed by atoms with Gasteiger partial charge in [0.2, 0.25) is 0 Å². The Kier molecular flexibility index (Phi) is 3.73. The number of hydrogen-bond donors (Lipinski definition) is 0. The van der Waals surface area contributed by atoms with E-state index in [9.17, 15) is 22.4 Å². The lowest BCUT2D eigenvalue weighted by molar-refractivity contribution is -0.134. The number of esters is 1. The van der Waals surface area contributed by atoms with Crippen molar-refractivity contribution in [2.45, 2.75) is 10.3 Å². The first-order valence-electron chi connectivity index (χ1n) is 7.58. The number of halogens is 4. The molecule has 1 aliphatic heterocycles. The van der Waals surface area contributed by atoms with Gasteiger partial charge in [-0.3, -0.25) is 0 Å². The van der Waals surface area contributed by atoms with E-state index in [0.29, 0.717) is 10.8 Å². The molecule has 0 N–H and O–H groups in total. The Morgan fingerprint density at radius 1 is 0.923 bits per heavy atom. The quantitative estimate of drug-likeness (QED) is 0.340. The van der Waals surface area contributed by atoms with Crippen LogP contribution in [0.2, 0.25) is 0 Å². The zero-order valence-electron chi connectivity index (χ0n) is 13.0. The first-order chi connectivity index (χ1) is 12.3. The van der Waals surface area contributed by atoms with Crippen molar-refractivity contribution in [1.29, 1.82) is 0 Å². The van der Waals surface area contributed by atoms with Crippen LogP contribution in [0.5, 0.6) is 5.75 Å². The van der Waals surface area contributed by atoms with Crippen molar-refractivity contribution in [2.75, 3.05) is 0 Å². The summed E-state index contributed by atoms with van der Waals surface area (Å²) in [7, 11) is 0. The second kappa shape index (κ2) is 5.74. The predicted molar refractivity (Wildman–Crippen MR) is 90.4 cm³/mol. The molecule has 1 heterocycles. The number of carbonyl (C=O) groups excluding carboxylic acids is 1. The topological polar surface area (TPSA) is 26.3 Å². The summed E-state index contributed by atoms with van der Waals surface area (Å²) in [6, 6.07) is 14.4. The third-order valence-corrected chi connectivity index (χ3v) is 5.39. The lowest BCUT2D eigenvalue weighted by Gasteiger charge is -2.27. The number of fused-ring (bicyclic) bond motifs is 2. The molecule has 0 aromatic heterocycles. The largest absolute Gasteiger partial charge is 0.443 e. The Balaban J connectivity index is 1.98. The van der Waals surface area contributed by atoms with Gasteiger partial charge < -0.3 is 4.74 Å². The van der Waals surface area contributed by atoms with Crippen molar-refractivity contribution in [3.8, 4) is 5.75 Å². The van der Waals surface area contributed by atoms with Crippen LogP contribution in [0.1, 0.15) is 11.1 Å². The Labute approximate surface area is 149 Å². The molecule has 0 radical (unpaired) electrons. The molecule has 0 saturated heterocycles. The first-order valence-corrected chi connectivity index (χ1v) is 8.40. The van der Waals surface area contributed by atoms with Gasteiger partial charge in [-0.05, 0) is 52.4 Å². The standard InChI is InChI=1S/C19H10F4O2S/c20-14-8-6-11-9-13(7-5-12(11)10-14)18(26-19(21,22)23)15-3-1-2-4-16(15)25-17(18)24/h1-10H/t18-/m0/s1. The fourth-order valence-corrected chi connectivity index (χ4v) is 4.16. The number of alkyl halides is 3. The number of ether oxygens (including phenoxy) is 1. The van der Waals surface area contributed by atoms with Gasteiger partial charge in [-0.15, -0.1) is 0 Å². The molecule has 26 heavy (non-hydrogen) atoms. The van der Waals surface area contributed by atoms with E-state index < -0.39 is 33.8 Å². The zero-order chi connectivity index (χ0) is 18.5. The van der Waals surface area contributed by atoms with Gasteiger partial charge >= 0.3 is 11.5 Å². The molecular formula is C19H10F4O2S. The smallest absolute Gasteiger partial charge is 0.425 e. The highest BCUT2D eigenvalue weighted by molar-refractivity contribution is 8.02. The molecule has 0 fully saturated rings. The van der Waals surface area contributed by atoms with E-state index in [-0.39, 0.29) is 16.9 Å². The van der Waals surface area contributed by atoms with Gasteiger partial charge in [0.05, 0.1) is 0 Å². The average molecular weight is 378 g/mol. The minimum atomic E-state index is -4.67. The zero-order valence-corrected chi connectivity index (χ0v) is 13.8. The van der Waals surface area contributed by atoms with Crippen LogP contribution in [0.15, 0.2) is 60.7 Å². The third kappa shape index (κ3) is 2.63. The van der Waals surface area contributed by atoms with Crippen LogP contribution >= 0.6 is 11.8 Å². The van der Waals surface area contributed by atoms with Crippen molar-refractivity contribution in [1.82, 2.24) is 0 Å². The maximum absolute atomic E-state index is 13.4. The maximum Gasteiger partial charge on any atom is 0.443 e. The summed E-state index contributed by atoms with van der Waals surface area (Å²) in [5.74, 6) is -1.34. The second-order valence-electron chi connectivity index (χ2n) is 5.82. The van der Waals surface area contributed by atoms with E-state index >= 15 is 0 Å². The highest BCUT2D eigenvalue weighted by atomic mass is 32.2. The van der Waals surface area contributed by atoms with Crippen LogP contribution in [0, 0.1) is 5.82 Å². The number of hydrogen-bond acceptors (Lipinski definition) is 3. The summed E-state index contributed by atoms with van der Waals surface area (Å²) in [6.07, 6.45) is 0. The first kappa shape index (κ1) is 16.9.